The molecular formula is C15H17NO2. The monoisotopic (exact) mass is 243 g/mol. The van der Waals surface area contributed by atoms with E-state index >= 15 is 0 Å². The standard InChI is InChI=1S/C15H17NO2/c1-10-4-7-14(18-10)15(17)12-5-6-13-11(9-12)3-2-8-16-13/h2-3,5-6,8-10,14-15,17H,4,7H2,1H3. The van der Waals surface area contributed by atoms with E-state index in [2.05, 4.69) is 11.9 Å². The summed E-state index contributed by atoms with van der Waals surface area (Å²) in [6.07, 6.45) is 3.37. The number of hydrogen-bond donors (Lipinski definition) is 1. The highest BCUT2D eigenvalue weighted by Gasteiger charge is 2.29. The van der Waals surface area contributed by atoms with Crippen LogP contribution in [-0.2, 0) is 4.74 Å². The molecule has 0 amide bonds. The normalized spacial score (nSPS) is 25.4. The first-order valence-corrected chi connectivity index (χ1v) is 6.42. The van der Waals surface area contributed by atoms with E-state index in [9.17, 15) is 5.11 Å². The van der Waals surface area contributed by atoms with Gasteiger partial charge in [-0.15, -0.1) is 0 Å². The molecule has 0 saturated carbocycles. The first-order chi connectivity index (χ1) is 8.74. The van der Waals surface area contributed by atoms with Crippen molar-refractivity contribution in [1.82, 2.24) is 4.98 Å². The summed E-state index contributed by atoms with van der Waals surface area (Å²) >= 11 is 0. The number of pyridine rings is 1. The van der Waals surface area contributed by atoms with Gasteiger partial charge in [0, 0.05) is 11.6 Å². The van der Waals surface area contributed by atoms with Gasteiger partial charge in [0.15, 0.2) is 0 Å². The van der Waals surface area contributed by atoms with E-state index in [1.165, 1.54) is 0 Å². The highest BCUT2D eigenvalue weighted by molar-refractivity contribution is 5.79. The van der Waals surface area contributed by atoms with Crippen LogP contribution in [0.4, 0.5) is 0 Å². The topological polar surface area (TPSA) is 42.4 Å². The van der Waals surface area contributed by atoms with Gasteiger partial charge in [0.25, 0.3) is 0 Å². The second-order valence-electron chi connectivity index (χ2n) is 4.96. The predicted octanol–water partition coefficient (Wildman–Crippen LogP) is 2.84. The van der Waals surface area contributed by atoms with Crippen molar-refractivity contribution in [3.8, 4) is 0 Å². The fraction of sp³-hybridized carbons (Fsp3) is 0.400. The molecule has 3 unspecified atom stereocenters. The summed E-state index contributed by atoms with van der Waals surface area (Å²) in [4.78, 5) is 4.28. The fourth-order valence-corrected chi connectivity index (χ4v) is 2.56. The van der Waals surface area contributed by atoms with Crippen molar-refractivity contribution >= 4 is 10.9 Å². The second-order valence-corrected chi connectivity index (χ2v) is 4.96. The van der Waals surface area contributed by atoms with E-state index in [1.807, 2.05) is 30.3 Å². The van der Waals surface area contributed by atoms with E-state index in [-0.39, 0.29) is 12.2 Å². The molecule has 2 aromatic rings. The van der Waals surface area contributed by atoms with Gasteiger partial charge >= 0.3 is 0 Å². The van der Waals surface area contributed by atoms with Crippen LogP contribution in [0.3, 0.4) is 0 Å². The van der Waals surface area contributed by atoms with Crippen LogP contribution in [0.2, 0.25) is 0 Å². The molecule has 1 aliphatic heterocycles. The molecule has 2 heterocycles. The summed E-state index contributed by atoms with van der Waals surface area (Å²) in [6.45, 7) is 2.05. The predicted molar refractivity (Wildman–Crippen MR) is 70.3 cm³/mol. The molecule has 3 nitrogen and oxygen atoms in total. The molecular weight excluding hydrogens is 226 g/mol. The molecule has 1 saturated heterocycles. The molecule has 0 bridgehead atoms. The molecule has 3 rings (SSSR count). The molecule has 1 N–H and O–H groups in total. The summed E-state index contributed by atoms with van der Waals surface area (Å²) in [6, 6.07) is 9.81. The van der Waals surface area contributed by atoms with Crippen LogP contribution in [-0.4, -0.2) is 22.3 Å². The Labute approximate surface area is 106 Å². The van der Waals surface area contributed by atoms with Gasteiger partial charge in [-0.2, -0.15) is 0 Å². The Balaban J connectivity index is 1.89. The first kappa shape index (κ1) is 11.6. The van der Waals surface area contributed by atoms with Gasteiger partial charge in [-0.05, 0) is 43.5 Å². The van der Waals surface area contributed by atoms with Gasteiger partial charge in [-0.25, -0.2) is 0 Å². The minimum atomic E-state index is -0.542. The van der Waals surface area contributed by atoms with Crippen LogP contribution in [0.1, 0.15) is 31.4 Å². The molecule has 1 aromatic carbocycles. The zero-order chi connectivity index (χ0) is 12.5. The number of hydrogen-bond acceptors (Lipinski definition) is 3. The molecule has 1 fully saturated rings. The Morgan fingerprint density at radius 2 is 2.22 bits per heavy atom. The number of benzene rings is 1. The highest BCUT2D eigenvalue weighted by Crippen LogP contribution is 2.31. The summed E-state index contributed by atoms with van der Waals surface area (Å²) in [5.41, 5.74) is 1.86. The summed E-state index contributed by atoms with van der Waals surface area (Å²) in [7, 11) is 0. The maximum atomic E-state index is 10.4. The molecule has 3 atom stereocenters. The third-order valence-corrected chi connectivity index (χ3v) is 3.59. The first-order valence-electron chi connectivity index (χ1n) is 6.42. The van der Waals surface area contributed by atoms with Gasteiger partial charge < -0.3 is 9.84 Å². The third kappa shape index (κ3) is 2.11. The quantitative estimate of drug-likeness (QED) is 0.882. The average Bonchev–Trinajstić information content (AvgIpc) is 2.84. The van der Waals surface area contributed by atoms with Gasteiger partial charge in [-0.3, -0.25) is 4.98 Å². The molecule has 0 spiro atoms. The lowest BCUT2D eigenvalue weighted by Crippen LogP contribution is -2.18. The minimum Gasteiger partial charge on any atom is -0.386 e. The summed E-state index contributed by atoms with van der Waals surface area (Å²) in [5, 5.41) is 11.4. The van der Waals surface area contributed by atoms with Gasteiger partial charge in [0.05, 0.1) is 17.7 Å². The maximum absolute atomic E-state index is 10.4. The number of rotatable bonds is 2. The lowest BCUT2D eigenvalue weighted by molar-refractivity contribution is -0.0297. The van der Waals surface area contributed by atoms with Crippen LogP contribution < -0.4 is 0 Å². The van der Waals surface area contributed by atoms with Gasteiger partial charge in [0.2, 0.25) is 0 Å². The molecule has 0 aliphatic carbocycles. The van der Waals surface area contributed by atoms with Crippen LogP contribution >= 0.6 is 0 Å². The largest absolute Gasteiger partial charge is 0.386 e. The zero-order valence-electron chi connectivity index (χ0n) is 10.4. The fourth-order valence-electron chi connectivity index (χ4n) is 2.56. The smallest absolute Gasteiger partial charge is 0.105 e. The van der Waals surface area contributed by atoms with Crippen molar-refractivity contribution < 1.29 is 9.84 Å². The Morgan fingerprint density at radius 1 is 1.33 bits per heavy atom. The third-order valence-electron chi connectivity index (χ3n) is 3.59. The second kappa shape index (κ2) is 4.67. The van der Waals surface area contributed by atoms with Crippen LogP contribution in [0, 0.1) is 0 Å². The van der Waals surface area contributed by atoms with E-state index in [0.29, 0.717) is 0 Å². The number of nitrogens with zero attached hydrogens (tertiary/aromatic N) is 1. The molecule has 94 valence electrons. The van der Waals surface area contributed by atoms with Crippen molar-refractivity contribution in [2.24, 2.45) is 0 Å². The van der Waals surface area contributed by atoms with E-state index in [0.717, 1.165) is 29.3 Å². The number of aromatic nitrogens is 1. The molecule has 18 heavy (non-hydrogen) atoms. The van der Waals surface area contributed by atoms with E-state index in [1.54, 1.807) is 6.20 Å². The van der Waals surface area contributed by atoms with Crippen LogP contribution in [0.5, 0.6) is 0 Å². The van der Waals surface area contributed by atoms with Gasteiger partial charge in [0.1, 0.15) is 6.10 Å². The van der Waals surface area contributed by atoms with Crippen molar-refractivity contribution in [3.63, 3.8) is 0 Å². The lowest BCUT2D eigenvalue weighted by atomic mass is 10.0. The Kier molecular flexibility index (Phi) is 3.02. The van der Waals surface area contributed by atoms with Crippen molar-refractivity contribution in [3.05, 3.63) is 42.1 Å². The van der Waals surface area contributed by atoms with Crippen molar-refractivity contribution in [2.75, 3.05) is 0 Å². The minimum absolute atomic E-state index is 0.0749. The maximum Gasteiger partial charge on any atom is 0.105 e. The number of ether oxygens (including phenoxy) is 1. The number of aliphatic hydroxyl groups is 1. The Morgan fingerprint density at radius 3 is 3.00 bits per heavy atom. The van der Waals surface area contributed by atoms with Crippen molar-refractivity contribution in [2.45, 2.75) is 38.1 Å². The average molecular weight is 243 g/mol. The number of aliphatic hydroxyl groups excluding tert-OH is 1. The highest BCUT2D eigenvalue weighted by atomic mass is 16.5. The Hall–Kier alpha value is -1.45. The summed E-state index contributed by atoms with van der Waals surface area (Å²) in [5.74, 6) is 0. The van der Waals surface area contributed by atoms with E-state index < -0.39 is 6.10 Å². The summed E-state index contributed by atoms with van der Waals surface area (Å²) < 4.78 is 5.72. The SMILES string of the molecule is CC1CCC(C(O)c2ccc3ncccc3c2)O1. The molecule has 0 radical (unpaired) electrons. The van der Waals surface area contributed by atoms with E-state index in [4.69, 9.17) is 4.74 Å². The molecule has 1 aliphatic rings. The van der Waals surface area contributed by atoms with Crippen molar-refractivity contribution in [1.29, 1.82) is 0 Å². The Bertz CT molecular complexity index is 555. The van der Waals surface area contributed by atoms with Crippen LogP contribution in [0.25, 0.3) is 10.9 Å². The number of fused-ring (bicyclic) bond motifs is 1. The van der Waals surface area contributed by atoms with Crippen LogP contribution in [0.15, 0.2) is 36.5 Å². The molecule has 1 aromatic heterocycles. The lowest BCUT2D eigenvalue weighted by Gasteiger charge is -2.19. The molecule has 3 heteroatoms. The zero-order valence-corrected chi connectivity index (χ0v) is 10.4. The van der Waals surface area contributed by atoms with Gasteiger partial charge in [-0.1, -0.05) is 12.1 Å².